The van der Waals surface area contributed by atoms with E-state index in [1.807, 2.05) is 0 Å². The van der Waals surface area contributed by atoms with Crippen molar-refractivity contribution < 1.29 is 14.3 Å². The number of rotatable bonds is 3. The lowest BCUT2D eigenvalue weighted by Gasteiger charge is -2.18. The number of carboxylic acid groups (broad SMARTS) is 1. The fourth-order valence-electron chi connectivity index (χ4n) is 2.04. The second-order valence-electron chi connectivity index (χ2n) is 4.12. The number of hydrogen-bond donors (Lipinski definition) is 3. The molecule has 0 aromatic carbocycles. The average molecular weight is 241 g/mol. The first kappa shape index (κ1) is 12.1. The lowest BCUT2D eigenvalue weighted by molar-refractivity contribution is -0.132. The maximum atomic E-state index is 13.6. The summed E-state index contributed by atoms with van der Waals surface area (Å²) in [4.78, 5) is 11.2. The number of halogens is 1. The molecular weight excluding hydrogens is 225 g/mol. The summed E-state index contributed by atoms with van der Waals surface area (Å²) in [6, 6.07) is 0. The Kier molecular flexibility index (Phi) is 3.75. The zero-order valence-electron chi connectivity index (χ0n) is 9.50. The van der Waals surface area contributed by atoms with Gasteiger partial charge >= 0.3 is 5.97 Å². The molecular formula is C11H16FN3O2. The van der Waals surface area contributed by atoms with Crippen LogP contribution in [0.3, 0.4) is 0 Å². The lowest BCUT2D eigenvalue weighted by Crippen LogP contribution is -2.34. The first-order valence-corrected chi connectivity index (χ1v) is 5.78. The molecule has 1 saturated heterocycles. The molecule has 3 N–H and O–H groups in total. The molecule has 0 aromatic rings. The Hall–Kier alpha value is -1.40. The molecule has 0 spiro atoms. The van der Waals surface area contributed by atoms with Crippen molar-refractivity contribution in [1.82, 2.24) is 16.0 Å². The molecule has 5 nitrogen and oxygen atoms in total. The topological polar surface area (TPSA) is 64.6 Å². The van der Waals surface area contributed by atoms with Crippen LogP contribution in [0.4, 0.5) is 4.39 Å². The van der Waals surface area contributed by atoms with E-state index in [4.69, 9.17) is 5.11 Å². The maximum Gasteiger partial charge on any atom is 0.337 e. The van der Waals surface area contributed by atoms with E-state index in [1.165, 1.54) is 11.3 Å². The summed E-state index contributed by atoms with van der Waals surface area (Å²) in [5.74, 6) is -1.38. The van der Waals surface area contributed by atoms with E-state index in [0.29, 0.717) is 18.4 Å². The van der Waals surface area contributed by atoms with Gasteiger partial charge in [0.05, 0.1) is 5.57 Å². The third-order valence-electron chi connectivity index (χ3n) is 2.90. The molecule has 0 saturated carbocycles. The summed E-state index contributed by atoms with van der Waals surface area (Å²) in [7, 11) is 0. The van der Waals surface area contributed by atoms with E-state index in [1.54, 1.807) is 0 Å². The summed E-state index contributed by atoms with van der Waals surface area (Å²) in [5, 5.41) is 10.6. The Bertz CT molecular complexity index is 373. The Morgan fingerprint density at radius 1 is 1.29 bits per heavy atom. The fraction of sp³-hybridized carbons (Fsp3) is 0.545. The Morgan fingerprint density at radius 3 is 2.53 bits per heavy atom. The van der Waals surface area contributed by atoms with E-state index < -0.39 is 5.97 Å². The molecule has 2 aliphatic rings. The van der Waals surface area contributed by atoms with Gasteiger partial charge in [0.1, 0.15) is 5.83 Å². The number of allylic oxidation sites excluding steroid dienone is 1. The number of carbonyl (C=O) groups is 1. The van der Waals surface area contributed by atoms with Gasteiger partial charge in [-0.3, -0.25) is 0 Å². The molecule has 1 heterocycles. The molecule has 94 valence electrons. The highest BCUT2D eigenvalue weighted by Crippen LogP contribution is 2.30. The molecule has 1 aliphatic heterocycles. The predicted octanol–water partition coefficient (Wildman–Crippen LogP) is 1.08. The number of nitrogens with one attached hydrogen (secondary N) is 2. The summed E-state index contributed by atoms with van der Waals surface area (Å²) in [6.07, 6.45) is 3.89. The van der Waals surface area contributed by atoms with E-state index in [9.17, 15) is 9.18 Å². The minimum Gasteiger partial charge on any atom is -0.478 e. The Morgan fingerprint density at radius 2 is 1.94 bits per heavy atom. The number of aliphatic carboxylic acids is 1. The smallest absolute Gasteiger partial charge is 0.337 e. The van der Waals surface area contributed by atoms with Crippen LogP contribution in [0.5, 0.6) is 0 Å². The quantitative estimate of drug-likeness (QED) is 0.645. The van der Waals surface area contributed by atoms with Crippen LogP contribution in [0, 0.1) is 0 Å². The standard InChI is InChI=1S/C11H16FN3O2/c12-10-4-2-1-3-8(10)9(11(16)17)7-15-13-5-6-14-15/h7,13-14H,1-6H2,(H,16,17)/b9-7-. The van der Waals surface area contributed by atoms with Crippen molar-refractivity contribution in [2.75, 3.05) is 13.1 Å². The zero-order valence-corrected chi connectivity index (χ0v) is 9.50. The summed E-state index contributed by atoms with van der Waals surface area (Å²) in [6.45, 7) is 1.45. The van der Waals surface area contributed by atoms with E-state index in [2.05, 4.69) is 10.9 Å². The van der Waals surface area contributed by atoms with Gasteiger partial charge in [-0.1, -0.05) is 0 Å². The Labute approximate surface area is 98.9 Å². The van der Waals surface area contributed by atoms with Gasteiger partial charge in [0.25, 0.3) is 0 Å². The van der Waals surface area contributed by atoms with Crippen LogP contribution in [0.25, 0.3) is 0 Å². The van der Waals surface area contributed by atoms with Crippen molar-refractivity contribution >= 4 is 5.97 Å². The number of nitrogens with zero attached hydrogens (tertiary/aromatic N) is 1. The molecule has 0 bridgehead atoms. The van der Waals surface area contributed by atoms with Gasteiger partial charge in [0.2, 0.25) is 0 Å². The zero-order chi connectivity index (χ0) is 12.3. The second kappa shape index (κ2) is 5.29. The molecule has 17 heavy (non-hydrogen) atoms. The summed E-state index contributed by atoms with van der Waals surface area (Å²) < 4.78 is 13.6. The van der Waals surface area contributed by atoms with Crippen LogP contribution >= 0.6 is 0 Å². The normalized spacial score (nSPS) is 22.2. The number of carboxylic acids is 1. The third-order valence-corrected chi connectivity index (χ3v) is 2.90. The minimum atomic E-state index is -1.09. The van der Waals surface area contributed by atoms with Crippen LogP contribution in [0.2, 0.25) is 0 Å². The second-order valence-corrected chi connectivity index (χ2v) is 4.12. The van der Waals surface area contributed by atoms with Gasteiger partial charge in [0, 0.05) is 19.3 Å². The van der Waals surface area contributed by atoms with Crippen LogP contribution in [0.1, 0.15) is 25.7 Å². The van der Waals surface area contributed by atoms with Crippen molar-refractivity contribution in [2.45, 2.75) is 25.7 Å². The van der Waals surface area contributed by atoms with Gasteiger partial charge in [-0.25, -0.2) is 25.2 Å². The van der Waals surface area contributed by atoms with E-state index in [-0.39, 0.29) is 11.4 Å². The highest BCUT2D eigenvalue weighted by molar-refractivity contribution is 5.91. The van der Waals surface area contributed by atoms with Crippen molar-refractivity contribution in [3.8, 4) is 0 Å². The van der Waals surface area contributed by atoms with Crippen molar-refractivity contribution in [1.29, 1.82) is 0 Å². The van der Waals surface area contributed by atoms with E-state index >= 15 is 0 Å². The molecule has 0 atom stereocenters. The average Bonchev–Trinajstić information content (AvgIpc) is 2.79. The predicted molar refractivity (Wildman–Crippen MR) is 60.2 cm³/mol. The number of hydrazine groups is 2. The molecule has 1 fully saturated rings. The molecule has 0 unspecified atom stereocenters. The van der Waals surface area contributed by atoms with Crippen LogP contribution < -0.4 is 10.9 Å². The minimum absolute atomic E-state index is 0.0316. The lowest BCUT2D eigenvalue weighted by atomic mass is 9.93. The molecule has 1 aliphatic carbocycles. The summed E-state index contributed by atoms with van der Waals surface area (Å²) in [5.41, 5.74) is 6.23. The highest BCUT2D eigenvalue weighted by Gasteiger charge is 2.22. The van der Waals surface area contributed by atoms with Gasteiger partial charge in [-0.05, 0) is 31.3 Å². The highest BCUT2D eigenvalue weighted by atomic mass is 19.1. The molecule has 2 rings (SSSR count). The van der Waals surface area contributed by atoms with Crippen molar-refractivity contribution in [3.05, 3.63) is 23.2 Å². The molecule has 0 radical (unpaired) electrons. The SMILES string of the molecule is O=C(O)/C(=C\N1NCCN1)C1=C(F)CCCC1. The Balaban J connectivity index is 2.24. The first-order valence-electron chi connectivity index (χ1n) is 5.78. The molecule has 0 aromatic heterocycles. The first-order chi connectivity index (χ1) is 8.18. The monoisotopic (exact) mass is 241 g/mol. The summed E-state index contributed by atoms with van der Waals surface area (Å²) >= 11 is 0. The van der Waals surface area contributed by atoms with Gasteiger partial charge in [-0.2, -0.15) is 0 Å². The molecule has 0 amide bonds. The van der Waals surface area contributed by atoms with Gasteiger partial charge in [0.15, 0.2) is 0 Å². The van der Waals surface area contributed by atoms with E-state index in [0.717, 1.165) is 25.9 Å². The largest absolute Gasteiger partial charge is 0.478 e. The van der Waals surface area contributed by atoms with Crippen LogP contribution in [0.15, 0.2) is 23.2 Å². The van der Waals surface area contributed by atoms with Crippen LogP contribution in [-0.4, -0.2) is 29.3 Å². The van der Waals surface area contributed by atoms with Crippen LogP contribution in [-0.2, 0) is 4.79 Å². The maximum absolute atomic E-state index is 13.6. The number of hydrogen-bond acceptors (Lipinski definition) is 4. The third kappa shape index (κ3) is 2.83. The molecule has 6 heteroatoms. The van der Waals surface area contributed by atoms with Gasteiger partial charge in [-0.15, -0.1) is 0 Å². The van der Waals surface area contributed by atoms with Crippen molar-refractivity contribution in [3.63, 3.8) is 0 Å². The van der Waals surface area contributed by atoms with Gasteiger partial charge < -0.3 is 5.11 Å². The van der Waals surface area contributed by atoms with Crippen molar-refractivity contribution in [2.24, 2.45) is 0 Å². The fourth-order valence-corrected chi connectivity index (χ4v) is 2.04.